The Morgan fingerprint density at radius 1 is 1.21 bits per heavy atom. The standard InChI is InChI=1S/C15H13FN2O/c1-10-3-2-4-11(7-10)9-18-14-8-12(16)5-6-13(14)17-15(18)19/h2-8H,9H2,1H3,(H,17,19). The largest absolute Gasteiger partial charge is 0.326 e. The summed E-state index contributed by atoms with van der Waals surface area (Å²) in [5, 5.41) is 0. The lowest BCUT2D eigenvalue weighted by Gasteiger charge is -2.04. The molecule has 0 unspecified atom stereocenters. The zero-order valence-corrected chi connectivity index (χ0v) is 10.5. The highest BCUT2D eigenvalue weighted by molar-refractivity contribution is 5.75. The van der Waals surface area contributed by atoms with Gasteiger partial charge >= 0.3 is 5.69 Å². The van der Waals surface area contributed by atoms with Crippen molar-refractivity contribution in [1.29, 1.82) is 0 Å². The molecule has 1 aromatic heterocycles. The first-order chi connectivity index (χ1) is 9.13. The fourth-order valence-electron chi connectivity index (χ4n) is 2.28. The molecule has 0 amide bonds. The maximum Gasteiger partial charge on any atom is 0.326 e. The molecule has 3 rings (SSSR count). The van der Waals surface area contributed by atoms with Gasteiger partial charge in [-0.3, -0.25) is 4.57 Å². The topological polar surface area (TPSA) is 37.8 Å². The van der Waals surface area contributed by atoms with Gasteiger partial charge in [-0.05, 0) is 30.7 Å². The molecule has 0 saturated carbocycles. The molecule has 19 heavy (non-hydrogen) atoms. The van der Waals surface area contributed by atoms with Crippen molar-refractivity contribution in [3.8, 4) is 0 Å². The van der Waals surface area contributed by atoms with Crippen molar-refractivity contribution in [2.45, 2.75) is 13.5 Å². The second kappa shape index (κ2) is 4.39. The van der Waals surface area contributed by atoms with Crippen LogP contribution >= 0.6 is 0 Å². The van der Waals surface area contributed by atoms with E-state index in [1.54, 1.807) is 10.6 Å². The number of halogens is 1. The molecule has 1 N–H and O–H groups in total. The Labute approximate surface area is 109 Å². The number of rotatable bonds is 2. The zero-order valence-electron chi connectivity index (χ0n) is 10.5. The van der Waals surface area contributed by atoms with Crippen LogP contribution < -0.4 is 5.69 Å². The third-order valence-corrected chi connectivity index (χ3v) is 3.16. The third-order valence-electron chi connectivity index (χ3n) is 3.16. The fraction of sp³-hybridized carbons (Fsp3) is 0.133. The van der Waals surface area contributed by atoms with Gasteiger partial charge in [0.2, 0.25) is 0 Å². The smallest absolute Gasteiger partial charge is 0.306 e. The highest BCUT2D eigenvalue weighted by Gasteiger charge is 2.08. The number of hydrogen-bond donors (Lipinski definition) is 1. The summed E-state index contributed by atoms with van der Waals surface area (Å²) in [7, 11) is 0. The molecule has 0 spiro atoms. The maximum absolute atomic E-state index is 13.3. The third kappa shape index (κ3) is 2.17. The summed E-state index contributed by atoms with van der Waals surface area (Å²) in [5.41, 5.74) is 3.18. The summed E-state index contributed by atoms with van der Waals surface area (Å²) >= 11 is 0. The molecule has 0 fully saturated rings. The molecule has 0 aliphatic rings. The van der Waals surface area contributed by atoms with Crippen molar-refractivity contribution in [2.24, 2.45) is 0 Å². The predicted octanol–water partition coefficient (Wildman–Crippen LogP) is 2.83. The minimum Gasteiger partial charge on any atom is -0.306 e. The van der Waals surface area contributed by atoms with Gasteiger partial charge in [0.25, 0.3) is 0 Å². The van der Waals surface area contributed by atoms with Crippen molar-refractivity contribution < 1.29 is 4.39 Å². The molecule has 96 valence electrons. The lowest BCUT2D eigenvalue weighted by Crippen LogP contribution is -2.17. The van der Waals surface area contributed by atoms with E-state index < -0.39 is 0 Å². The minimum absolute atomic E-state index is 0.220. The number of aromatic nitrogens is 2. The number of aromatic amines is 1. The Balaban J connectivity index is 2.12. The highest BCUT2D eigenvalue weighted by atomic mass is 19.1. The van der Waals surface area contributed by atoms with Crippen LogP contribution in [0.4, 0.5) is 4.39 Å². The van der Waals surface area contributed by atoms with Crippen LogP contribution in [0, 0.1) is 12.7 Å². The molecule has 0 radical (unpaired) electrons. The summed E-state index contributed by atoms with van der Waals surface area (Å²) in [4.78, 5) is 14.7. The first-order valence-electron chi connectivity index (χ1n) is 6.07. The minimum atomic E-state index is -0.343. The first kappa shape index (κ1) is 11.7. The second-order valence-electron chi connectivity index (χ2n) is 4.67. The van der Waals surface area contributed by atoms with Gasteiger partial charge in [0.1, 0.15) is 5.82 Å². The number of aryl methyl sites for hydroxylation is 1. The average molecular weight is 256 g/mol. The highest BCUT2D eigenvalue weighted by Crippen LogP contribution is 2.14. The molecule has 3 nitrogen and oxygen atoms in total. The lowest BCUT2D eigenvalue weighted by atomic mass is 10.1. The monoisotopic (exact) mass is 256 g/mol. The quantitative estimate of drug-likeness (QED) is 0.752. The zero-order chi connectivity index (χ0) is 13.4. The van der Waals surface area contributed by atoms with Crippen molar-refractivity contribution in [3.05, 3.63) is 69.9 Å². The maximum atomic E-state index is 13.3. The van der Waals surface area contributed by atoms with Crippen LogP contribution in [-0.2, 0) is 6.54 Å². The van der Waals surface area contributed by atoms with E-state index in [1.807, 2.05) is 31.2 Å². The Hall–Kier alpha value is -2.36. The van der Waals surface area contributed by atoms with Crippen molar-refractivity contribution >= 4 is 11.0 Å². The number of imidazole rings is 1. The van der Waals surface area contributed by atoms with E-state index in [9.17, 15) is 9.18 Å². The van der Waals surface area contributed by atoms with Gasteiger partial charge in [-0.2, -0.15) is 0 Å². The van der Waals surface area contributed by atoms with Gasteiger partial charge < -0.3 is 4.98 Å². The van der Waals surface area contributed by atoms with E-state index >= 15 is 0 Å². The number of benzene rings is 2. The predicted molar refractivity (Wildman–Crippen MR) is 72.8 cm³/mol. The molecule has 0 saturated heterocycles. The Morgan fingerprint density at radius 2 is 2.05 bits per heavy atom. The summed E-state index contributed by atoms with van der Waals surface area (Å²) in [5.74, 6) is -0.343. The number of nitrogens with one attached hydrogen (secondary N) is 1. The SMILES string of the molecule is Cc1cccc(Cn2c(=O)[nH]c3ccc(F)cc32)c1. The van der Waals surface area contributed by atoms with Crippen LogP contribution in [0.5, 0.6) is 0 Å². The molecule has 3 aromatic rings. The average Bonchev–Trinajstić information content (AvgIpc) is 2.66. The molecule has 0 atom stereocenters. The number of nitrogens with zero attached hydrogens (tertiary/aromatic N) is 1. The molecular weight excluding hydrogens is 243 g/mol. The summed E-state index contributed by atoms with van der Waals surface area (Å²) in [6.07, 6.45) is 0. The van der Waals surface area contributed by atoms with Crippen LogP contribution in [0.3, 0.4) is 0 Å². The van der Waals surface area contributed by atoms with Gasteiger partial charge in [-0.1, -0.05) is 29.8 Å². The fourth-order valence-corrected chi connectivity index (χ4v) is 2.28. The molecule has 0 bridgehead atoms. The van der Waals surface area contributed by atoms with E-state index in [0.717, 1.165) is 11.1 Å². The van der Waals surface area contributed by atoms with E-state index in [0.29, 0.717) is 17.6 Å². The van der Waals surface area contributed by atoms with Gasteiger partial charge in [-0.25, -0.2) is 9.18 Å². The number of fused-ring (bicyclic) bond motifs is 1. The normalized spacial score (nSPS) is 11.1. The van der Waals surface area contributed by atoms with Crippen LogP contribution in [0.15, 0.2) is 47.3 Å². The molecule has 1 heterocycles. The Bertz CT molecular complexity index is 801. The summed E-state index contributed by atoms with van der Waals surface area (Å²) in [6.45, 7) is 2.44. The van der Waals surface area contributed by atoms with Gasteiger partial charge in [0.15, 0.2) is 0 Å². The summed E-state index contributed by atoms with van der Waals surface area (Å²) in [6, 6.07) is 12.2. The van der Waals surface area contributed by atoms with E-state index in [-0.39, 0.29) is 11.5 Å². The van der Waals surface area contributed by atoms with E-state index in [1.165, 1.54) is 12.1 Å². The van der Waals surface area contributed by atoms with Crippen LogP contribution in [-0.4, -0.2) is 9.55 Å². The van der Waals surface area contributed by atoms with Crippen molar-refractivity contribution in [3.63, 3.8) is 0 Å². The molecular formula is C15H13FN2O. The van der Waals surface area contributed by atoms with E-state index in [4.69, 9.17) is 0 Å². The molecule has 0 aliphatic carbocycles. The van der Waals surface area contributed by atoms with Crippen LogP contribution in [0.2, 0.25) is 0 Å². The Kier molecular flexibility index (Phi) is 2.71. The molecule has 2 aromatic carbocycles. The van der Waals surface area contributed by atoms with Crippen molar-refractivity contribution in [1.82, 2.24) is 9.55 Å². The van der Waals surface area contributed by atoms with Gasteiger partial charge in [0.05, 0.1) is 17.6 Å². The van der Waals surface area contributed by atoms with E-state index in [2.05, 4.69) is 4.98 Å². The summed E-state index contributed by atoms with van der Waals surface area (Å²) < 4.78 is 14.8. The van der Waals surface area contributed by atoms with Crippen LogP contribution in [0.1, 0.15) is 11.1 Å². The van der Waals surface area contributed by atoms with Gasteiger partial charge in [0, 0.05) is 0 Å². The van der Waals surface area contributed by atoms with Gasteiger partial charge in [-0.15, -0.1) is 0 Å². The number of H-pyrrole nitrogens is 1. The molecule has 4 heteroatoms. The lowest BCUT2D eigenvalue weighted by molar-refractivity contribution is 0.628. The number of hydrogen-bond acceptors (Lipinski definition) is 1. The first-order valence-corrected chi connectivity index (χ1v) is 6.07. The Morgan fingerprint density at radius 3 is 2.84 bits per heavy atom. The van der Waals surface area contributed by atoms with Crippen molar-refractivity contribution in [2.75, 3.05) is 0 Å². The van der Waals surface area contributed by atoms with Crippen LogP contribution in [0.25, 0.3) is 11.0 Å². The molecule has 0 aliphatic heterocycles. The second-order valence-corrected chi connectivity index (χ2v) is 4.67.